The van der Waals surface area contributed by atoms with Gasteiger partial charge in [-0.15, -0.1) is 0 Å². The fourth-order valence-corrected chi connectivity index (χ4v) is 4.36. The van der Waals surface area contributed by atoms with Crippen molar-refractivity contribution in [3.63, 3.8) is 0 Å². The smallest absolute Gasteiger partial charge is 0.255 e. The van der Waals surface area contributed by atoms with Gasteiger partial charge >= 0.3 is 0 Å². The molecule has 0 unspecified atom stereocenters. The van der Waals surface area contributed by atoms with E-state index < -0.39 is 0 Å². The molecule has 1 fully saturated rings. The molecule has 30 heavy (non-hydrogen) atoms. The molecular formula is C24H28BrClN2O2. The number of benzene rings is 2. The molecule has 3 N–H and O–H groups in total. The highest BCUT2D eigenvalue weighted by molar-refractivity contribution is 9.10. The van der Waals surface area contributed by atoms with Crippen LogP contribution in [0.15, 0.2) is 57.9 Å². The monoisotopic (exact) mass is 490 g/mol. The van der Waals surface area contributed by atoms with Gasteiger partial charge in [-0.3, -0.25) is 4.79 Å². The number of pyridine rings is 1. The Kier molecular flexibility index (Phi) is 8.37. The molecule has 0 spiro atoms. The van der Waals surface area contributed by atoms with Gasteiger partial charge in [0, 0.05) is 16.1 Å². The lowest BCUT2D eigenvalue weighted by Crippen LogP contribution is -2.23. The maximum atomic E-state index is 11.9. The lowest BCUT2D eigenvalue weighted by atomic mass is 9.83. The van der Waals surface area contributed by atoms with E-state index in [0.717, 1.165) is 48.5 Å². The van der Waals surface area contributed by atoms with Gasteiger partial charge in [0.05, 0.1) is 11.1 Å². The standard InChI is InChI=1S/C21H19BrClNO2.C3H9N/c22-16-3-1-2-14(10-16)13-4-6-17(7-5-13)26-20-11-15-8-9-24-21(25)18(15)12-19(20)23;1-2-3-4/h1-3,8-13,17H,4-7H2,(H,24,25);2-4H2,1H3. The van der Waals surface area contributed by atoms with Crippen molar-refractivity contribution in [2.24, 2.45) is 5.73 Å². The number of nitrogens with two attached hydrogens (primary N) is 1. The van der Waals surface area contributed by atoms with E-state index in [1.54, 1.807) is 12.3 Å². The van der Waals surface area contributed by atoms with E-state index in [2.05, 4.69) is 52.1 Å². The Hall–Kier alpha value is -1.82. The van der Waals surface area contributed by atoms with E-state index in [4.69, 9.17) is 22.1 Å². The number of hydrogen-bond acceptors (Lipinski definition) is 3. The summed E-state index contributed by atoms with van der Waals surface area (Å²) >= 11 is 9.91. The van der Waals surface area contributed by atoms with Crippen molar-refractivity contribution >= 4 is 38.3 Å². The summed E-state index contributed by atoms with van der Waals surface area (Å²) < 4.78 is 7.32. The molecule has 0 saturated heterocycles. The van der Waals surface area contributed by atoms with Gasteiger partial charge in [0.2, 0.25) is 0 Å². The summed E-state index contributed by atoms with van der Waals surface area (Å²) in [7, 11) is 0. The molecule has 2 aromatic carbocycles. The summed E-state index contributed by atoms with van der Waals surface area (Å²) in [5.74, 6) is 1.24. The van der Waals surface area contributed by atoms with Crippen LogP contribution in [0, 0.1) is 0 Å². The van der Waals surface area contributed by atoms with Gasteiger partial charge in [-0.05, 0) is 85.8 Å². The minimum absolute atomic E-state index is 0.134. The quantitative estimate of drug-likeness (QED) is 0.443. The predicted molar refractivity (Wildman–Crippen MR) is 129 cm³/mol. The van der Waals surface area contributed by atoms with Crippen molar-refractivity contribution in [3.8, 4) is 5.75 Å². The Labute approximate surface area is 190 Å². The average molecular weight is 492 g/mol. The predicted octanol–water partition coefficient (Wildman–Crippen LogP) is 6.40. The Morgan fingerprint density at radius 1 is 1.17 bits per heavy atom. The van der Waals surface area contributed by atoms with E-state index in [1.165, 1.54) is 5.56 Å². The van der Waals surface area contributed by atoms with E-state index in [-0.39, 0.29) is 11.7 Å². The zero-order valence-electron chi connectivity index (χ0n) is 17.2. The number of H-pyrrole nitrogens is 1. The highest BCUT2D eigenvalue weighted by Gasteiger charge is 2.24. The van der Waals surface area contributed by atoms with Gasteiger partial charge in [0.15, 0.2) is 0 Å². The van der Waals surface area contributed by atoms with Crippen LogP contribution < -0.4 is 16.0 Å². The Morgan fingerprint density at radius 2 is 1.90 bits per heavy atom. The second-order valence-electron chi connectivity index (χ2n) is 7.61. The number of aromatic amines is 1. The normalized spacial score (nSPS) is 18.5. The zero-order valence-corrected chi connectivity index (χ0v) is 19.5. The van der Waals surface area contributed by atoms with Crippen molar-refractivity contribution in [2.75, 3.05) is 6.54 Å². The molecule has 0 amide bonds. The zero-order chi connectivity index (χ0) is 21.5. The van der Waals surface area contributed by atoms with Gasteiger partial charge in [0.1, 0.15) is 5.75 Å². The SMILES string of the molecule is CCCN.O=c1[nH]ccc2cc(OC3CCC(c4cccc(Br)c4)CC3)c(Cl)cc12. The topological polar surface area (TPSA) is 68.1 Å². The first-order chi connectivity index (χ1) is 14.5. The van der Waals surface area contributed by atoms with Crippen LogP contribution in [-0.4, -0.2) is 17.6 Å². The Balaban J connectivity index is 0.000000589. The third kappa shape index (κ3) is 5.87. The van der Waals surface area contributed by atoms with Gasteiger partial charge < -0.3 is 15.5 Å². The number of rotatable bonds is 4. The minimum Gasteiger partial charge on any atom is -0.489 e. The molecule has 1 aromatic heterocycles. The number of halogens is 2. The first-order valence-corrected chi connectivity index (χ1v) is 11.6. The summed E-state index contributed by atoms with van der Waals surface area (Å²) in [6.07, 6.45) is 7.11. The molecule has 0 aliphatic heterocycles. The first kappa shape index (κ1) is 22.9. The summed E-state index contributed by atoms with van der Waals surface area (Å²) in [6.45, 7) is 2.88. The van der Waals surface area contributed by atoms with Crippen molar-refractivity contribution in [1.82, 2.24) is 4.98 Å². The second kappa shape index (κ2) is 11.0. The summed E-state index contributed by atoms with van der Waals surface area (Å²) in [6, 6.07) is 14.0. The number of ether oxygens (including phenoxy) is 1. The number of nitrogens with one attached hydrogen (secondary N) is 1. The van der Waals surface area contributed by atoms with Crippen molar-refractivity contribution in [2.45, 2.75) is 51.0 Å². The van der Waals surface area contributed by atoms with Crippen LogP contribution >= 0.6 is 27.5 Å². The van der Waals surface area contributed by atoms with E-state index in [1.807, 2.05) is 12.1 Å². The molecule has 1 saturated carbocycles. The molecule has 3 aromatic rings. The number of hydrogen-bond donors (Lipinski definition) is 2. The largest absolute Gasteiger partial charge is 0.489 e. The van der Waals surface area contributed by atoms with Crippen LogP contribution in [0.25, 0.3) is 10.8 Å². The van der Waals surface area contributed by atoms with Crippen LogP contribution in [-0.2, 0) is 0 Å². The van der Waals surface area contributed by atoms with Crippen LogP contribution in [0.1, 0.15) is 50.5 Å². The van der Waals surface area contributed by atoms with Crippen molar-refractivity contribution in [1.29, 1.82) is 0 Å². The minimum atomic E-state index is -0.134. The van der Waals surface area contributed by atoms with Gasteiger partial charge in [-0.1, -0.05) is 46.6 Å². The average Bonchev–Trinajstić information content (AvgIpc) is 2.76. The van der Waals surface area contributed by atoms with Crippen molar-refractivity contribution in [3.05, 3.63) is 74.1 Å². The van der Waals surface area contributed by atoms with Crippen LogP contribution in [0.3, 0.4) is 0 Å². The molecule has 1 aliphatic rings. The van der Waals surface area contributed by atoms with Crippen LogP contribution in [0.2, 0.25) is 5.02 Å². The fraction of sp³-hybridized carbons (Fsp3) is 0.375. The number of aromatic nitrogens is 1. The molecular weight excluding hydrogens is 464 g/mol. The lowest BCUT2D eigenvalue weighted by molar-refractivity contribution is 0.147. The molecule has 6 heteroatoms. The molecule has 1 heterocycles. The Morgan fingerprint density at radius 3 is 2.57 bits per heavy atom. The summed E-state index contributed by atoms with van der Waals surface area (Å²) in [4.78, 5) is 14.5. The Bertz CT molecular complexity index is 1030. The molecule has 0 bridgehead atoms. The summed E-state index contributed by atoms with van der Waals surface area (Å²) in [5, 5.41) is 1.92. The second-order valence-corrected chi connectivity index (χ2v) is 8.93. The highest BCUT2D eigenvalue weighted by atomic mass is 79.9. The van der Waals surface area contributed by atoms with E-state index >= 15 is 0 Å². The molecule has 1 aliphatic carbocycles. The lowest BCUT2D eigenvalue weighted by Gasteiger charge is -2.29. The first-order valence-electron chi connectivity index (χ1n) is 10.4. The maximum absolute atomic E-state index is 11.9. The van der Waals surface area contributed by atoms with E-state index in [9.17, 15) is 4.79 Å². The van der Waals surface area contributed by atoms with Gasteiger partial charge in [-0.2, -0.15) is 0 Å². The van der Waals surface area contributed by atoms with Crippen LogP contribution in [0.5, 0.6) is 5.75 Å². The van der Waals surface area contributed by atoms with Gasteiger partial charge in [-0.25, -0.2) is 0 Å². The number of fused-ring (bicyclic) bond motifs is 1. The third-order valence-corrected chi connectivity index (χ3v) is 6.19. The molecule has 0 radical (unpaired) electrons. The third-order valence-electron chi connectivity index (χ3n) is 5.40. The summed E-state index contributed by atoms with van der Waals surface area (Å²) in [5.41, 5.74) is 6.28. The highest BCUT2D eigenvalue weighted by Crippen LogP contribution is 2.37. The maximum Gasteiger partial charge on any atom is 0.255 e. The van der Waals surface area contributed by atoms with Gasteiger partial charge in [0.25, 0.3) is 5.56 Å². The molecule has 4 nitrogen and oxygen atoms in total. The van der Waals surface area contributed by atoms with E-state index in [0.29, 0.717) is 22.1 Å². The van der Waals surface area contributed by atoms with Crippen LogP contribution in [0.4, 0.5) is 0 Å². The fourth-order valence-electron chi connectivity index (χ4n) is 3.73. The van der Waals surface area contributed by atoms with Crippen molar-refractivity contribution < 1.29 is 4.74 Å². The molecule has 0 atom stereocenters. The molecule has 4 rings (SSSR count). The molecule has 160 valence electrons.